The summed E-state index contributed by atoms with van der Waals surface area (Å²) in [5.41, 5.74) is 0. The first-order valence-electron chi connectivity index (χ1n) is 4.09. The molecule has 98 valence electrons. The SMILES string of the molecule is CC(=O)[O-].CC(=O)[O-].Oc1cccc(O)c1.[Ni+2]. The van der Waals surface area contributed by atoms with E-state index in [0.29, 0.717) is 0 Å². The summed E-state index contributed by atoms with van der Waals surface area (Å²) in [7, 11) is 0. The van der Waals surface area contributed by atoms with E-state index in [1.807, 2.05) is 0 Å². The number of carboxylic acids is 2. The third-order valence-corrected chi connectivity index (χ3v) is 0.830. The molecule has 1 rings (SSSR count). The Balaban J connectivity index is -0.000000189. The molecule has 0 heterocycles. The average Bonchev–Trinajstić information content (AvgIpc) is 2.00. The summed E-state index contributed by atoms with van der Waals surface area (Å²) in [6, 6.07) is 5.85. The Morgan fingerprint density at radius 3 is 1.35 bits per heavy atom. The number of benzene rings is 1. The van der Waals surface area contributed by atoms with Crippen LogP contribution in [0.3, 0.4) is 0 Å². The van der Waals surface area contributed by atoms with Crippen molar-refractivity contribution < 1.29 is 46.5 Å². The van der Waals surface area contributed by atoms with Gasteiger partial charge in [-0.25, -0.2) is 0 Å². The van der Waals surface area contributed by atoms with Crippen LogP contribution in [-0.4, -0.2) is 22.2 Å². The Hall–Kier alpha value is -1.75. The van der Waals surface area contributed by atoms with E-state index in [2.05, 4.69) is 0 Å². The van der Waals surface area contributed by atoms with Crippen molar-refractivity contribution in [3.05, 3.63) is 24.3 Å². The molecule has 17 heavy (non-hydrogen) atoms. The first-order chi connectivity index (χ1) is 7.25. The van der Waals surface area contributed by atoms with Crippen LogP contribution in [0.4, 0.5) is 0 Å². The minimum Gasteiger partial charge on any atom is -0.550 e. The van der Waals surface area contributed by atoms with Gasteiger partial charge < -0.3 is 30.0 Å². The zero-order valence-corrected chi connectivity index (χ0v) is 10.1. The molecule has 2 N–H and O–H groups in total. The summed E-state index contributed by atoms with van der Waals surface area (Å²) in [5.74, 6) is -1.99. The summed E-state index contributed by atoms with van der Waals surface area (Å²) < 4.78 is 0. The van der Waals surface area contributed by atoms with Crippen molar-refractivity contribution in [1.29, 1.82) is 0 Å². The molecule has 0 radical (unpaired) electrons. The van der Waals surface area contributed by atoms with Crippen molar-refractivity contribution >= 4 is 11.9 Å². The molecular weight excluding hydrogens is 275 g/mol. The van der Waals surface area contributed by atoms with Crippen molar-refractivity contribution in [2.24, 2.45) is 0 Å². The quantitative estimate of drug-likeness (QED) is 0.566. The fourth-order valence-electron chi connectivity index (χ4n) is 0.493. The maximum Gasteiger partial charge on any atom is 2.00 e. The molecule has 0 saturated heterocycles. The molecule has 0 aliphatic heterocycles. The van der Waals surface area contributed by atoms with Crippen LogP contribution in [0.5, 0.6) is 11.5 Å². The van der Waals surface area contributed by atoms with Gasteiger partial charge in [0, 0.05) is 18.0 Å². The molecule has 0 spiro atoms. The maximum absolute atomic E-state index is 8.89. The van der Waals surface area contributed by atoms with Gasteiger partial charge in [-0.1, -0.05) is 6.07 Å². The second-order valence-corrected chi connectivity index (χ2v) is 2.50. The van der Waals surface area contributed by atoms with E-state index in [-0.39, 0.29) is 28.0 Å². The van der Waals surface area contributed by atoms with Crippen molar-refractivity contribution in [2.45, 2.75) is 13.8 Å². The second-order valence-electron chi connectivity index (χ2n) is 2.50. The third-order valence-electron chi connectivity index (χ3n) is 0.830. The van der Waals surface area contributed by atoms with E-state index >= 15 is 0 Å². The summed E-state index contributed by atoms with van der Waals surface area (Å²) in [6.07, 6.45) is 0. The van der Waals surface area contributed by atoms with Gasteiger partial charge in [-0.2, -0.15) is 0 Å². The summed E-state index contributed by atoms with van der Waals surface area (Å²) >= 11 is 0. The van der Waals surface area contributed by atoms with Crippen LogP contribution in [0, 0.1) is 0 Å². The Morgan fingerprint density at radius 2 is 1.24 bits per heavy atom. The maximum atomic E-state index is 8.89. The van der Waals surface area contributed by atoms with Crippen LogP contribution >= 0.6 is 0 Å². The van der Waals surface area contributed by atoms with Gasteiger partial charge in [0.1, 0.15) is 11.5 Å². The third kappa shape index (κ3) is 31.4. The number of carbonyl (C=O) groups is 2. The molecule has 0 atom stereocenters. The van der Waals surface area contributed by atoms with E-state index in [9.17, 15) is 0 Å². The van der Waals surface area contributed by atoms with Crippen molar-refractivity contribution in [1.82, 2.24) is 0 Å². The number of aromatic hydroxyl groups is 2. The summed E-state index contributed by atoms with van der Waals surface area (Å²) in [6.45, 7) is 1.94. The molecule has 6 nitrogen and oxygen atoms in total. The molecule has 1 aromatic rings. The van der Waals surface area contributed by atoms with Crippen LogP contribution in [0.15, 0.2) is 24.3 Å². The van der Waals surface area contributed by atoms with Gasteiger partial charge in [-0.15, -0.1) is 0 Å². The van der Waals surface area contributed by atoms with Gasteiger partial charge in [-0.3, -0.25) is 0 Å². The van der Waals surface area contributed by atoms with Crippen LogP contribution in [0.2, 0.25) is 0 Å². The topological polar surface area (TPSA) is 121 Å². The largest absolute Gasteiger partial charge is 2.00 e. The van der Waals surface area contributed by atoms with Crippen LogP contribution in [0.25, 0.3) is 0 Å². The van der Waals surface area contributed by atoms with Gasteiger partial charge in [0.15, 0.2) is 0 Å². The number of carboxylic acid groups (broad SMARTS) is 2. The van der Waals surface area contributed by atoms with E-state index in [1.165, 1.54) is 18.2 Å². The molecule has 0 bridgehead atoms. The molecule has 0 aliphatic rings. The number of aliphatic carboxylic acids is 2. The van der Waals surface area contributed by atoms with E-state index in [1.54, 1.807) is 6.07 Å². The number of hydrogen-bond donors (Lipinski definition) is 2. The van der Waals surface area contributed by atoms with Crippen LogP contribution in [-0.2, 0) is 26.1 Å². The van der Waals surface area contributed by atoms with Gasteiger partial charge in [-0.05, 0) is 26.0 Å². The number of phenolic OH excluding ortho intramolecular Hbond substituents is 2. The van der Waals surface area contributed by atoms with Crippen molar-refractivity contribution in [2.75, 3.05) is 0 Å². The number of phenols is 2. The standard InChI is InChI=1S/C6H6O2.2C2H4O2.Ni/c7-5-2-1-3-6(8)4-5;2*1-2(3)4;/h1-4,7-8H;2*1H3,(H,3,4);/q;;;+2/p-2. The second kappa shape index (κ2) is 12.3. The van der Waals surface area contributed by atoms with Crippen LogP contribution < -0.4 is 10.2 Å². The van der Waals surface area contributed by atoms with Gasteiger partial charge >= 0.3 is 16.5 Å². The Labute approximate surface area is 108 Å². The normalized spacial score (nSPS) is 7.18. The van der Waals surface area contributed by atoms with Gasteiger partial charge in [0.05, 0.1) is 0 Å². The zero-order chi connectivity index (χ0) is 13.1. The smallest absolute Gasteiger partial charge is 0.550 e. The van der Waals surface area contributed by atoms with E-state index < -0.39 is 11.9 Å². The first kappa shape index (κ1) is 20.6. The van der Waals surface area contributed by atoms with Crippen molar-refractivity contribution in [3.63, 3.8) is 0 Å². The monoisotopic (exact) mass is 286 g/mol. The van der Waals surface area contributed by atoms with E-state index in [0.717, 1.165) is 13.8 Å². The molecule has 0 aromatic heterocycles. The average molecular weight is 287 g/mol. The number of rotatable bonds is 0. The minimum absolute atomic E-state index is 0. The fourth-order valence-corrected chi connectivity index (χ4v) is 0.493. The molecule has 0 saturated carbocycles. The Kier molecular flexibility index (Phi) is 15.0. The molecule has 0 aliphatic carbocycles. The predicted molar refractivity (Wildman–Crippen MR) is 51.1 cm³/mol. The molecule has 7 heteroatoms. The van der Waals surface area contributed by atoms with Crippen molar-refractivity contribution in [3.8, 4) is 11.5 Å². The molecule has 0 unspecified atom stereocenters. The molecule has 1 aromatic carbocycles. The fraction of sp³-hybridized carbons (Fsp3) is 0.200. The number of hydrogen-bond acceptors (Lipinski definition) is 6. The molecule has 0 amide bonds. The predicted octanol–water partition coefficient (Wildman–Crippen LogP) is -1.39. The minimum atomic E-state index is -1.08. The molecule has 0 fully saturated rings. The Morgan fingerprint density at radius 1 is 1.00 bits per heavy atom. The van der Waals surface area contributed by atoms with E-state index in [4.69, 9.17) is 30.0 Å². The zero-order valence-electron chi connectivity index (χ0n) is 9.15. The van der Waals surface area contributed by atoms with Gasteiger partial charge in [0.2, 0.25) is 0 Å². The summed E-state index contributed by atoms with van der Waals surface area (Å²) in [4.78, 5) is 17.8. The van der Waals surface area contributed by atoms with Gasteiger partial charge in [0.25, 0.3) is 0 Å². The number of carbonyl (C=O) groups excluding carboxylic acids is 2. The first-order valence-corrected chi connectivity index (χ1v) is 4.09. The summed E-state index contributed by atoms with van der Waals surface area (Å²) in [5, 5.41) is 35.1. The van der Waals surface area contributed by atoms with Crippen LogP contribution in [0.1, 0.15) is 13.8 Å². The Bertz CT molecular complexity index is 302. The molecular formula is C10H12NiO6.